The summed E-state index contributed by atoms with van der Waals surface area (Å²) in [6, 6.07) is 14.4. The lowest BCUT2D eigenvalue weighted by Gasteiger charge is -2.06. The highest BCUT2D eigenvalue weighted by Gasteiger charge is 2.12. The van der Waals surface area contributed by atoms with Gasteiger partial charge in [-0.15, -0.1) is 0 Å². The molecule has 1 heterocycles. The van der Waals surface area contributed by atoms with Crippen molar-refractivity contribution in [3.05, 3.63) is 71.4 Å². The Labute approximate surface area is 141 Å². The van der Waals surface area contributed by atoms with Crippen LogP contribution < -0.4 is 10.1 Å². The monoisotopic (exact) mass is 371 g/mol. The maximum absolute atomic E-state index is 12.3. The topological polar surface area (TPSA) is 51.5 Å². The number of hydrogen-bond acceptors (Lipinski definition) is 3. The van der Waals surface area contributed by atoms with Crippen LogP contribution in [-0.2, 0) is 0 Å². The number of furan rings is 1. The number of anilines is 1. The predicted octanol–water partition coefficient (Wildman–Crippen LogP) is 5.01. The van der Waals surface area contributed by atoms with Gasteiger partial charge in [-0.05, 0) is 48.5 Å². The van der Waals surface area contributed by atoms with Crippen molar-refractivity contribution in [3.63, 3.8) is 0 Å². The molecule has 0 fully saturated rings. The van der Waals surface area contributed by atoms with Crippen LogP contribution in [0.2, 0.25) is 0 Å². The molecule has 0 aliphatic heterocycles. The summed E-state index contributed by atoms with van der Waals surface area (Å²) in [5.74, 6) is 0.693. The molecule has 0 radical (unpaired) electrons. The van der Waals surface area contributed by atoms with Gasteiger partial charge in [0.1, 0.15) is 17.9 Å². The first-order valence-corrected chi connectivity index (χ1v) is 7.79. The van der Waals surface area contributed by atoms with Gasteiger partial charge in [-0.2, -0.15) is 0 Å². The highest BCUT2D eigenvalue weighted by molar-refractivity contribution is 9.10. The highest BCUT2D eigenvalue weighted by Crippen LogP contribution is 2.24. The van der Waals surface area contributed by atoms with Crippen molar-refractivity contribution in [2.45, 2.75) is 0 Å². The molecule has 0 atom stereocenters. The molecular weight excluding hydrogens is 358 g/mol. The smallest absolute Gasteiger partial charge is 0.291 e. The third kappa shape index (κ3) is 3.63. The van der Waals surface area contributed by atoms with E-state index in [0.29, 0.717) is 17.9 Å². The van der Waals surface area contributed by atoms with Crippen LogP contribution in [0, 0.1) is 0 Å². The average molecular weight is 372 g/mol. The van der Waals surface area contributed by atoms with Crippen LogP contribution in [0.5, 0.6) is 5.75 Å². The molecule has 1 N–H and O–H groups in total. The van der Waals surface area contributed by atoms with E-state index in [4.69, 9.17) is 9.15 Å². The Bertz CT molecular complexity index is 852. The fourth-order valence-corrected chi connectivity index (χ4v) is 2.49. The molecule has 1 amide bonds. The predicted molar refractivity (Wildman–Crippen MR) is 94.0 cm³/mol. The van der Waals surface area contributed by atoms with Gasteiger partial charge in [0.15, 0.2) is 5.76 Å². The zero-order valence-electron chi connectivity index (χ0n) is 12.2. The maximum atomic E-state index is 12.3. The van der Waals surface area contributed by atoms with Gasteiger partial charge >= 0.3 is 0 Å². The summed E-state index contributed by atoms with van der Waals surface area (Å²) in [7, 11) is 0. The third-order valence-electron chi connectivity index (χ3n) is 3.18. The SMILES string of the molecule is C=CCOc1ccc(NC(=O)c2cc3cc(Br)ccc3o2)cc1. The van der Waals surface area contributed by atoms with Crippen molar-refractivity contribution in [2.75, 3.05) is 11.9 Å². The minimum Gasteiger partial charge on any atom is -0.490 e. The molecule has 1 aromatic heterocycles. The van der Waals surface area contributed by atoms with Crippen molar-refractivity contribution >= 4 is 38.5 Å². The van der Waals surface area contributed by atoms with Crippen LogP contribution in [0.4, 0.5) is 5.69 Å². The van der Waals surface area contributed by atoms with Gasteiger partial charge < -0.3 is 14.5 Å². The number of ether oxygens (including phenoxy) is 1. The summed E-state index contributed by atoms with van der Waals surface area (Å²) in [5, 5.41) is 3.67. The first kappa shape index (κ1) is 15.4. The molecule has 0 spiro atoms. The van der Waals surface area contributed by atoms with E-state index in [1.165, 1.54) is 0 Å². The van der Waals surface area contributed by atoms with Gasteiger partial charge in [-0.3, -0.25) is 4.79 Å². The molecule has 0 unspecified atom stereocenters. The van der Waals surface area contributed by atoms with Crippen LogP contribution in [-0.4, -0.2) is 12.5 Å². The molecule has 3 rings (SSSR count). The minimum atomic E-state index is -0.294. The normalized spacial score (nSPS) is 10.5. The second-order valence-electron chi connectivity index (χ2n) is 4.87. The molecule has 0 saturated heterocycles. The zero-order valence-corrected chi connectivity index (χ0v) is 13.8. The van der Waals surface area contributed by atoms with Gasteiger partial charge in [0, 0.05) is 15.5 Å². The molecule has 0 aliphatic carbocycles. The minimum absolute atomic E-state index is 0.269. The van der Waals surface area contributed by atoms with Gasteiger partial charge in [-0.25, -0.2) is 0 Å². The van der Waals surface area contributed by atoms with Gasteiger partial charge in [-0.1, -0.05) is 28.6 Å². The van der Waals surface area contributed by atoms with E-state index in [2.05, 4.69) is 27.8 Å². The number of benzene rings is 2. The number of hydrogen-bond donors (Lipinski definition) is 1. The number of fused-ring (bicyclic) bond motifs is 1. The second-order valence-corrected chi connectivity index (χ2v) is 5.79. The van der Waals surface area contributed by atoms with Crippen molar-refractivity contribution in [3.8, 4) is 5.75 Å². The number of carbonyl (C=O) groups is 1. The molecule has 4 nitrogen and oxygen atoms in total. The summed E-state index contributed by atoms with van der Waals surface area (Å²) in [4.78, 5) is 12.3. The molecule has 0 bridgehead atoms. The summed E-state index contributed by atoms with van der Waals surface area (Å²) in [6.07, 6.45) is 1.68. The van der Waals surface area contributed by atoms with E-state index in [1.54, 1.807) is 36.4 Å². The van der Waals surface area contributed by atoms with Crippen LogP contribution in [0.1, 0.15) is 10.6 Å². The standard InChI is InChI=1S/C18H14BrNO3/c1-2-9-22-15-6-4-14(5-7-15)20-18(21)17-11-12-10-13(19)3-8-16(12)23-17/h2-8,10-11H,1,9H2,(H,20,21). The first-order chi connectivity index (χ1) is 11.2. The van der Waals surface area contributed by atoms with Crippen LogP contribution >= 0.6 is 15.9 Å². The van der Waals surface area contributed by atoms with Gasteiger partial charge in [0.25, 0.3) is 5.91 Å². The molecule has 5 heteroatoms. The third-order valence-corrected chi connectivity index (χ3v) is 3.68. The van der Waals surface area contributed by atoms with Crippen LogP contribution in [0.15, 0.2) is 70.1 Å². The van der Waals surface area contributed by atoms with Crippen LogP contribution in [0.25, 0.3) is 11.0 Å². The summed E-state index contributed by atoms with van der Waals surface area (Å²) < 4.78 is 11.9. The molecule has 2 aromatic carbocycles. The fraction of sp³-hybridized carbons (Fsp3) is 0.0556. The van der Waals surface area contributed by atoms with Crippen molar-refractivity contribution in [1.82, 2.24) is 0 Å². The second kappa shape index (κ2) is 6.71. The Kier molecular flexibility index (Phi) is 4.48. The zero-order chi connectivity index (χ0) is 16.2. The molecular formula is C18H14BrNO3. The van der Waals surface area contributed by atoms with E-state index < -0.39 is 0 Å². The van der Waals surface area contributed by atoms with Crippen molar-refractivity contribution in [2.24, 2.45) is 0 Å². The average Bonchev–Trinajstić information content (AvgIpc) is 2.97. The number of nitrogens with one attached hydrogen (secondary N) is 1. The molecule has 116 valence electrons. The number of halogens is 1. The van der Waals surface area contributed by atoms with Gasteiger partial charge in [0.2, 0.25) is 0 Å². The Balaban J connectivity index is 1.73. The van der Waals surface area contributed by atoms with Crippen molar-refractivity contribution < 1.29 is 13.9 Å². The summed E-state index contributed by atoms with van der Waals surface area (Å²) >= 11 is 3.40. The van der Waals surface area contributed by atoms with E-state index in [0.717, 1.165) is 15.6 Å². The first-order valence-electron chi connectivity index (χ1n) is 7.00. The highest BCUT2D eigenvalue weighted by atomic mass is 79.9. The van der Waals surface area contributed by atoms with E-state index in [9.17, 15) is 4.79 Å². The number of amides is 1. The Morgan fingerprint density at radius 2 is 2.00 bits per heavy atom. The summed E-state index contributed by atoms with van der Waals surface area (Å²) in [5.41, 5.74) is 1.34. The lowest BCUT2D eigenvalue weighted by atomic mass is 10.2. The maximum Gasteiger partial charge on any atom is 0.291 e. The van der Waals surface area contributed by atoms with Gasteiger partial charge in [0.05, 0.1) is 0 Å². The Hall–Kier alpha value is -2.53. The van der Waals surface area contributed by atoms with E-state index in [-0.39, 0.29) is 11.7 Å². The van der Waals surface area contributed by atoms with E-state index in [1.807, 2.05) is 18.2 Å². The lowest BCUT2D eigenvalue weighted by molar-refractivity contribution is 0.0998. The van der Waals surface area contributed by atoms with E-state index >= 15 is 0 Å². The largest absolute Gasteiger partial charge is 0.490 e. The quantitative estimate of drug-likeness (QED) is 0.641. The fourth-order valence-electron chi connectivity index (χ4n) is 2.11. The lowest BCUT2D eigenvalue weighted by Crippen LogP contribution is -2.10. The van der Waals surface area contributed by atoms with Crippen molar-refractivity contribution in [1.29, 1.82) is 0 Å². The molecule has 3 aromatic rings. The van der Waals surface area contributed by atoms with Crippen LogP contribution in [0.3, 0.4) is 0 Å². The Morgan fingerprint density at radius 3 is 2.74 bits per heavy atom. The molecule has 0 aliphatic rings. The number of rotatable bonds is 5. The summed E-state index contributed by atoms with van der Waals surface area (Å²) in [6.45, 7) is 4.04. The molecule has 23 heavy (non-hydrogen) atoms. The molecule has 0 saturated carbocycles. The number of carbonyl (C=O) groups excluding carboxylic acids is 1. The Morgan fingerprint density at radius 1 is 1.22 bits per heavy atom.